The van der Waals surface area contributed by atoms with E-state index in [0.29, 0.717) is 25.7 Å². The average Bonchev–Trinajstić information content (AvgIpc) is 3.66. The Balaban J connectivity index is 0.00000306. The lowest BCUT2D eigenvalue weighted by molar-refractivity contribution is 0.123. The molecule has 33 heavy (non-hydrogen) atoms. The number of hydrogen-bond donors (Lipinski definition) is 2. The molecular weight excluding hydrogens is 533 g/mol. The van der Waals surface area contributed by atoms with Gasteiger partial charge in [0.25, 0.3) is 0 Å². The minimum atomic E-state index is 0. The maximum atomic E-state index is 5.82. The van der Waals surface area contributed by atoms with E-state index >= 15 is 0 Å². The summed E-state index contributed by atoms with van der Waals surface area (Å²) < 4.78 is 22.6. The van der Waals surface area contributed by atoms with Crippen molar-refractivity contribution in [3.05, 3.63) is 48.0 Å². The first-order valence-electron chi connectivity index (χ1n) is 11.5. The van der Waals surface area contributed by atoms with Crippen LogP contribution in [0.25, 0.3) is 0 Å². The molecule has 0 aromatic heterocycles. The van der Waals surface area contributed by atoms with Crippen molar-refractivity contribution in [2.24, 2.45) is 10.9 Å². The molecule has 0 bridgehead atoms. The van der Waals surface area contributed by atoms with E-state index in [-0.39, 0.29) is 24.0 Å². The van der Waals surface area contributed by atoms with E-state index in [4.69, 9.17) is 23.9 Å². The maximum Gasteiger partial charge on any atom is 0.196 e. The zero-order valence-corrected chi connectivity index (χ0v) is 21.5. The fraction of sp³-hybridized carbons (Fsp3) is 0.480. The molecule has 2 aromatic carbocycles. The lowest BCUT2D eigenvalue weighted by Gasteiger charge is -2.15. The number of nitrogens with one attached hydrogen (secondary N) is 2. The highest BCUT2D eigenvalue weighted by Gasteiger charge is 2.20. The molecule has 1 fully saturated rings. The van der Waals surface area contributed by atoms with Crippen LogP contribution in [0.2, 0.25) is 0 Å². The zero-order chi connectivity index (χ0) is 22.0. The Morgan fingerprint density at radius 1 is 1.09 bits per heavy atom. The minimum absolute atomic E-state index is 0. The van der Waals surface area contributed by atoms with Crippen LogP contribution in [0.4, 0.5) is 5.69 Å². The summed E-state index contributed by atoms with van der Waals surface area (Å²) in [6.07, 6.45) is 4.44. The van der Waals surface area contributed by atoms with E-state index in [9.17, 15) is 0 Å². The molecule has 0 spiro atoms. The summed E-state index contributed by atoms with van der Waals surface area (Å²) in [5, 5.41) is 6.82. The second-order valence-electron chi connectivity index (χ2n) is 8.15. The van der Waals surface area contributed by atoms with Crippen molar-refractivity contribution in [1.82, 2.24) is 5.32 Å². The van der Waals surface area contributed by atoms with Crippen LogP contribution in [0.5, 0.6) is 17.2 Å². The Morgan fingerprint density at radius 3 is 2.76 bits per heavy atom. The topological polar surface area (TPSA) is 73.3 Å². The highest BCUT2D eigenvalue weighted by atomic mass is 127. The summed E-state index contributed by atoms with van der Waals surface area (Å²) in [4.78, 5) is 4.78. The second kappa shape index (κ2) is 13.5. The van der Waals surface area contributed by atoms with Gasteiger partial charge < -0.3 is 29.6 Å². The number of anilines is 1. The van der Waals surface area contributed by atoms with Crippen molar-refractivity contribution in [3.63, 3.8) is 0 Å². The molecule has 2 aliphatic rings. The zero-order valence-electron chi connectivity index (χ0n) is 19.2. The van der Waals surface area contributed by atoms with Gasteiger partial charge in [-0.3, -0.25) is 0 Å². The van der Waals surface area contributed by atoms with Crippen LogP contribution < -0.4 is 24.8 Å². The fourth-order valence-electron chi connectivity index (χ4n) is 3.37. The summed E-state index contributed by atoms with van der Waals surface area (Å²) in [5.41, 5.74) is 1.98. The van der Waals surface area contributed by atoms with Crippen molar-refractivity contribution in [2.45, 2.75) is 32.2 Å². The molecule has 0 atom stereocenters. The molecule has 1 heterocycles. The smallest absolute Gasteiger partial charge is 0.196 e. The largest absolute Gasteiger partial charge is 0.497 e. The molecule has 8 heteroatoms. The van der Waals surface area contributed by atoms with E-state index in [1.165, 1.54) is 12.8 Å². The van der Waals surface area contributed by atoms with Crippen LogP contribution in [0.15, 0.2) is 47.5 Å². The van der Waals surface area contributed by atoms with Gasteiger partial charge in [-0.05, 0) is 55.0 Å². The van der Waals surface area contributed by atoms with Gasteiger partial charge >= 0.3 is 0 Å². The van der Waals surface area contributed by atoms with E-state index in [0.717, 1.165) is 67.0 Å². The number of halogens is 1. The normalized spacial score (nSPS) is 15.2. The molecule has 0 saturated heterocycles. The number of guanidine groups is 1. The molecule has 1 aliphatic carbocycles. The molecule has 0 unspecified atom stereocenters. The summed E-state index contributed by atoms with van der Waals surface area (Å²) in [6.45, 7) is 4.31. The van der Waals surface area contributed by atoms with Gasteiger partial charge in [-0.15, -0.1) is 24.0 Å². The second-order valence-corrected chi connectivity index (χ2v) is 8.15. The molecule has 4 rings (SSSR count). The van der Waals surface area contributed by atoms with Crippen molar-refractivity contribution in [3.8, 4) is 17.2 Å². The van der Waals surface area contributed by atoms with E-state index in [2.05, 4.69) is 10.6 Å². The minimum Gasteiger partial charge on any atom is -0.497 e. The first-order chi connectivity index (χ1) is 15.8. The highest BCUT2D eigenvalue weighted by molar-refractivity contribution is 14.0. The Bertz CT molecular complexity index is 905. The van der Waals surface area contributed by atoms with Gasteiger partial charge in [0.15, 0.2) is 17.5 Å². The summed E-state index contributed by atoms with van der Waals surface area (Å²) in [6, 6.07) is 13.8. The van der Waals surface area contributed by atoms with Gasteiger partial charge in [-0.25, -0.2) is 4.99 Å². The van der Waals surface area contributed by atoms with Crippen molar-refractivity contribution >= 4 is 35.6 Å². The predicted molar refractivity (Wildman–Crippen MR) is 141 cm³/mol. The number of methoxy groups -OCH3 is 1. The van der Waals surface area contributed by atoms with Crippen LogP contribution in [-0.2, 0) is 11.3 Å². The van der Waals surface area contributed by atoms with E-state index in [1.807, 2.05) is 42.5 Å². The van der Waals surface area contributed by atoms with Crippen molar-refractivity contribution < 1.29 is 18.9 Å². The van der Waals surface area contributed by atoms with Gasteiger partial charge in [0.2, 0.25) is 0 Å². The SMILES string of the molecule is COc1cccc(CN=C(NCCCOCC2CC2)Nc2ccc3c(c2)OCCCO3)c1.I. The Hall–Kier alpha value is -2.20. The third kappa shape index (κ3) is 8.58. The van der Waals surface area contributed by atoms with Crippen LogP contribution >= 0.6 is 24.0 Å². The molecule has 2 aromatic rings. The molecule has 7 nitrogen and oxygen atoms in total. The number of rotatable bonds is 10. The molecule has 1 aliphatic heterocycles. The number of ether oxygens (including phenoxy) is 4. The van der Waals surface area contributed by atoms with Gasteiger partial charge in [-0.2, -0.15) is 0 Å². The summed E-state index contributed by atoms with van der Waals surface area (Å²) in [5.74, 6) is 3.88. The summed E-state index contributed by atoms with van der Waals surface area (Å²) in [7, 11) is 1.67. The fourth-order valence-corrected chi connectivity index (χ4v) is 3.37. The number of aliphatic imine (C=N–C) groups is 1. The predicted octanol–water partition coefficient (Wildman–Crippen LogP) is 4.85. The number of benzene rings is 2. The lowest BCUT2D eigenvalue weighted by Crippen LogP contribution is -2.32. The third-order valence-electron chi connectivity index (χ3n) is 5.37. The quantitative estimate of drug-likeness (QED) is 0.185. The monoisotopic (exact) mass is 567 g/mol. The molecule has 1 saturated carbocycles. The third-order valence-corrected chi connectivity index (χ3v) is 5.37. The van der Waals surface area contributed by atoms with E-state index in [1.54, 1.807) is 7.11 Å². The molecule has 180 valence electrons. The van der Waals surface area contributed by atoms with Crippen molar-refractivity contribution in [2.75, 3.05) is 45.4 Å². The standard InChI is InChI=1S/C25H33N3O4.HI/c1-29-22-6-2-5-20(15-22)17-27-25(26-11-3-12-30-18-19-7-8-19)28-21-9-10-23-24(16-21)32-14-4-13-31-23;/h2,5-6,9-10,15-16,19H,3-4,7-8,11-14,17-18H2,1H3,(H2,26,27,28);1H. The number of fused-ring (bicyclic) bond motifs is 1. The van der Waals surface area contributed by atoms with Crippen LogP contribution in [0, 0.1) is 5.92 Å². The lowest BCUT2D eigenvalue weighted by atomic mass is 10.2. The molecule has 0 amide bonds. The Morgan fingerprint density at radius 2 is 1.94 bits per heavy atom. The van der Waals surface area contributed by atoms with Gasteiger partial charge in [-0.1, -0.05) is 12.1 Å². The van der Waals surface area contributed by atoms with E-state index < -0.39 is 0 Å². The van der Waals surface area contributed by atoms with Crippen molar-refractivity contribution in [1.29, 1.82) is 0 Å². The first-order valence-corrected chi connectivity index (χ1v) is 11.5. The molecule has 0 radical (unpaired) electrons. The van der Waals surface area contributed by atoms with Crippen LogP contribution in [0.1, 0.15) is 31.2 Å². The highest BCUT2D eigenvalue weighted by Crippen LogP contribution is 2.32. The maximum absolute atomic E-state index is 5.82. The van der Waals surface area contributed by atoms with Crippen LogP contribution in [-0.4, -0.2) is 46.0 Å². The van der Waals surface area contributed by atoms with Gasteiger partial charge in [0.1, 0.15) is 5.75 Å². The van der Waals surface area contributed by atoms with Crippen LogP contribution in [0.3, 0.4) is 0 Å². The molecule has 2 N–H and O–H groups in total. The number of hydrogen-bond acceptors (Lipinski definition) is 5. The first kappa shape index (κ1) is 25.4. The van der Waals surface area contributed by atoms with Gasteiger partial charge in [0.05, 0.1) is 26.9 Å². The Labute approximate surface area is 213 Å². The Kier molecular flexibility index (Phi) is 10.4. The average molecular weight is 567 g/mol. The number of nitrogens with zero attached hydrogens (tertiary/aromatic N) is 1. The molecular formula is C25H34IN3O4. The summed E-state index contributed by atoms with van der Waals surface area (Å²) >= 11 is 0. The van der Waals surface area contributed by atoms with Gasteiger partial charge in [0, 0.05) is 37.9 Å².